The maximum Gasteiger partial charge on any atom is 0.223 e. The number of nitrogens with one attached hydrogen (secondary N) is 1. The smallest absolute Gasteiger partial charge is 0.223 e. The summed E-state index contributed by atoms with van der Waals surface area (Å²) in [7, 11) is 0. The molecule has 4 nitrogen and oxygen atoms in total. The van der Waals surface area contributed by atoms with Gasteiger partial charge in [-0.3, -0.25) is 9.69 Å². The highest BCUT2D eigenvalue weighted by molar-refractivity contribution is 5.80. The van der Waals surface area contributed by atoms with E-state index in [4.69, 9.17) is 4.74 Å². The summed E-state index contributed by atoms with van der Waals surface area (Å²) in [6.45, 7) is 10.8. The van der Waals surface area contributed by atoms with Gasteiger partial charge < -0.3 is 10.1 Å². The van der Waals surface area contributed by atoms with Crippen LogP contribution in [0.5, 0.6) is 5.75 Å². The lowest BCUT2D eigenvalue weighted by Crippen LogP contribution is -2.30. The molecule has 0 bridgehead atoms. The molecule has 32 heavy (non-hydrogen) atoms. The predicted molar refractivity (Wildman–Crippen MR) is 130 cm³/mol. The molecule has 1 amide bonds. The minimum atomic E-state index is 0.211. The number of benzene rings is 2. The molecule has 0 atom stereocenters. The van der Waals surface area contributed by atoms with Gasteiger partial charge in [0.25, 0.3) is 0 Å². The number of hydrogen-bond acceptors (Lipinski definition) is 3. The van der Waals surface area contributed by atoms with Gasteiger partial charge in [-0.15, -0.1) is 0 Å². The van der Waals surface area contributed by atoms with Crippen LogP contribution in [0, 0.1) is 18.8 Å². The summed E-state index contributed by atoms with van der Waals surface area (Å²) < 4.78 is 6.07. The number of ether oxygens (including phenoxy) is 1. The van der Waals surface area contributed by atoms with Crippen LogP contribution in [0.25, 0.3) is 0 Å². The van der Waals surface area contributed by atoms with Crippen molar-refractivity contribution in [1.82, 2.24) is 10.2 Å². The van der Waals surface area contributed by atoms with Crippen molar-refractivity contribution in [2.24, 2.45) is 11.8 Å². The third-order valence-corrected chi connectivity index (χ3v) is 6.73. The lowest BCUT2D eigenvalue weighted by Gasteiger charge is -2.30. The van der Waals surface area contributed by atoms with E-state index < -0.39 is 0 Å². The van der Waals surface area contributed by atoms with Crippen LogP contribution in [0.3, 0.4) is 0 Å². The number of amides is 1. The van der Waals surface area contributed by atoms with Crippen molar-refractivity contribution in [1.29, 1.82) is 0 Å². The summed E-state index contributed by atoms with van der Waals surface area (Å²) in [5.41, 5.74) is 6.77. The van der Waals surface area contributed by atoms with E-state index in [-0.39, 0.29) is 11.8 Å². The van der Waals surface area contributed by atoms with Crippen molar-refractivity contribution in [2.75, 3.05) is 13.2 Å². The van der Waals surface area contributed by atoms with E-state index in [1.54, 1.807) is 0 Å². The monoisotopic (exact) mass is 434 g/mol. The van der Waals surface area contributed by atoms with Crippen molar-refractivity contribution >= 4 is 5.91 Å². The molecule has 1 N–H and O–H groups in total. The van der Waals surface area contributed by atoms with Gasteiger partial charge >= 0.3 is 0 Å². The van der Waals surface area contributed by atoms with Gasteiger partial charge in [0, 0.05) is 32.1 Å². The molecule has 172 valence electrons. The van der Waals surface area contributed by atoms with Crippen molar-refractivity contribution in [2.45, 2.75) is 72.5 Å². The summed E-state index contributed by atoms with van der Waals surface area (Å²) in [6.07, 6.45) is 5.85. The summed E-state index contributed by atoms with van der Waals surface area (Å²) >= 11 is 0. The van der Waals surface area contributed by atoms with Gasteiger partial charge in [0.15, 0.2) is 0 Å². The Morgan fingerprint density at radius 3 is 2.44 bits per heavy atom. The summed E-state index contributed by atoms with van der Waals surface area (Å²) in [5.74, 6) is 2.36. The first-order chi connectivity index (χ1) is 15.7. The third-order valence-electron chi connectivity index (χ3n) is 6.73. The molecule has 0 spiro atoms. The average molecular weight is 435 g/mol. The number of nitrogens with zero attached hydrogens (tertiary/aromatic N) is 1. The van der Waals surface area contributed by atoms with Crippen LogP contribution in [0.4, 0.5) is 0 Å². The first-order valence-electron chi connectivity index (χ1n) is 12.5. The Kier molecular flexibility index (Phi) is 7.51. The maximum atomic E-state index is 11.8. The largest absolute Gasteiger partial charge is 0.493 e. The molecule has 2 aromatic rings. The second-order valence-corrected chi connectivity index (χ2v) is 9.35. The summed E-state index contributed by atoms with van der Waals surface area (Å²) in [5, 5.41) is 3.04. The predicted octanol–water partition coefficient (Wildman–Crippen LogP) is 5.39. The van der Waals surface area contributed by atoms with Crippen LogP contribution >= 0.6 is 0 Å². The minimum Gasteiger partial charge on any atom is -0.493 e. The van der Waals surface area contributed by atoms with E-state index in [1.165, 1.54) is 40.7 Å². The normalized spacial score (nSPS) is 17.7. The fourth-order valence-electron chi connectivity index (χ4n) is 4.36. The molecule has 1 aliphatic heterocycles. The molecule has 2 saturated carbocycles. The Morgan fingerprint density at radius 2 is 1.75 bits per heavy atom. The highest BCUT2D eigenvalue weighted by Gasteiger charge is 2.29. The molecule has 0 unspecified atom stereocenters. The third kappa shape index (κ3) is 5.92. The zero-order valence-corrected chi connectivity index (χ0v) is 20.0. The zero-order valence-electron chi connectivity index (χ0n) is 20.0. The molecule has 2 fully saturated rings. The number of rotatable bonds is 8. The van der Waals surface area contributed by atoms with E-state index in [0.717, 1.165) is 57.2 Å². The van der Waals surface area contributed by atoms with Crippen LogP contribution in [-0.4, -0.2) is 24.0 Å². The Bertz CT molecular complexity index is 914. The molecular weight excluding hydrogens is 396 g/mol. The Balaban J connectivity index is 0.00000119. The molecule has 4 heteroatoms. The molecule has 2 aliphatic carbocycles. The molecule has 1 heterocycles. The van der Waals surface area contributed by atoms with Crippen molar-refractivity contribution in [3.63, 3.8) is 0 Å². The molecule has 0 radical (unpaired) electrons. The molecule has 0 aromatic heterocycles. The number of carbonyl (C=O) groups excluding carboxylic acids is 1. The van der Waals surface area contributed by atoms with Crippen LogP contribution < -0.4 is 10.1 Å². The highest BCUT2D eigenvalue weighted by Crippen LogP contribution is 2.33. The van der Waals surface area contributed by atoms with Gasteiger partial charge in [0.2, 0.25) is 5.91 Å². The number of carbonyl (C=O) groups is 1. The number of hydrogen-bond donors (Lipinski definition) is 1. The zero-order chi connectivity index (χ0) is 22.5. The van der Waals surface area contributed by atoms with Crippen molar-refractivity contribution in [3.05, 3.63) is 64.2 Å². The maximum absolute atomic E-state index is 11.8. The molecule has 0 saturated heterocycles. The van der Waals surface area contributed by atoms with E-state index in [9.17, 15) is 4.79 Å². The molecular formula is C28H38N2O2. The topological polar surface area (TPSA) is 41.6 Å². The van der Waals surface area contributed by atoms with E-state index in [0.29, 0.717) is 6.54 Å². The van der Waals surface area contributed by atoms with Gasteiger partial charge in [0.05, 0.1) is 6.61 Å². The van der Waals surface area contributed by atoms with Crippen molar-refractivity contribution < 1.29 is 9.53 Å². The van der Waals surface area contributed by atoms with Crippen LogP contribution in [0.1, 0.15) is 67.3 Å². The summed E-state index contributed by atoms with van der Waals surface area (Å²) in [6, 6.07) is 13.1. The van der Waals surface area contributed by atoms with Crippen LogP contribution in [0.15, 0.2) is 36.4 Å². The van der Waals surface area contributed by atoms with Gasteiger partial charge in [-0.2, -0.15) is 0 Å². The second-order valence-electron chi connectivity index (χ2n) is 9.35. The second kappa shape index (κ2) is 10.5. The lowest BCUT2D eigenvalue weighted by molar-refractivity contribution is -0.122. The van der Waals surface area contributed by atoms with E-state index >= 15 is 0 Å². The van der Waals surface area contributed by atoms with Crippen LogP contribution in [0.2, 0.25) is 0 Å². The lowest BCUT2D eigenvalue weighted by atomic mass is 9.94. The Labute approximate surface area is 193 Å². The van der Waals surface area contributed by atoms with Gasteiger partial charge in [-0.05, 0) is 78.8 Å². The molecule has 5 rings (SSSR count). The fraction of sp³-hybridized carbons (Fsp3) is 0.536. The van der Waals surface area contributed by atoms with Gasteiger partial charge in [-0.25, -0.2) is 0 Å². The number of fused-ring (bicyclic) bond motifs is 1. The van der Waals surface area contributed by atoms with Gasteiger partial charge in [0.1, 0.15) is 5.75 Å². The first kappa shape index (κ1) is 22.8. The molecule has 3 aliphatic rings. The highest BCUT2D eigenvalue weighted by atomic mass is 16.5. The Morgan fingerprint density at radius 1 is 1.03 bits per heavy atom. The van der Waals surface area contributed by atoms with E-state index in [2.05, 4.69) is 53.5 Å². The molecule has 2 aromatic carbocycles. The van der Waals surface area contributed by atoms with Crippen LogP contribution in [-0.2, 0) is 30.8 Å². The van der Waals surface area contributed by atoms with Crippen molar-refractivity contribution in [3.8, 4) is 5.75 Å². The first-order valence-corrected chi connectivity index (χ1v) is 12.5. The van der Waals surface area contributed by atoms with E-state index in [1.807, 2.05) is 13.8 Å². The standard InChI is InChI=1S/C26H32N2O2.C2H6/c1-18-24-12-13-28(16-23(24)10-11-25(18)30-17-21-6-7-21)15-20-4-2-19(3-5-20)14-27-26(29)22-8-9-22;1-2/h2-5,10-11,21-22H,6-9,12-17H2,1H3,(H,27,29);1-2H3. The minimum absolute atomic E-state index is 0.211. The quantitative estimate of drug-likeness (QED) is 0.605. The van der Waals surface area contributed by atoms with Gasteiger partial charge in [-0.1, -0.05) is 44.2 Å². The SMILES string of the molecule is CC.Cc1c(OCC2CC2)ccc2c1CCN(Cc1ccc(CNC(=O)C3CC3)cc1)C2. The Hall–Kier alpha value is -2.33. The summed E-state index contributed by atoms with van der Waals surface area (Å²) in [4.78, 5) is 14.3. The fourth-order valence-corrected chi connectivity index (χ4v) is 4.36. The average Bonchev–Trinajstić information content (AvgIpc) is 3.73.